The fraction of sp³-hybridized carbons (Fsp3) is 0.375. The number of halogens is 1. The third-order valence-electron chi connectivity index (χ3n) is 8.48. The number of hydrogen-bond donors (Lipinski definition) is 2. The lowest BCUT2D eigenvalue weighted by atomic mass is 9.82. The van der Waals surface area contributed by atoms with Crippen LogP contribution < -0.4 is 19.8 Å². The Morgan fingerprint density at radius 1 is 0.738 bits per heavy atom. The molecule has 4 aromatic rings. The summed E-state index contributed by atoms with van der Waals surface area (Å²) in [7, 11) is -3.53. The van der Waals surface area contributed by atoms with E-state index in [9.17, 15) is 8.42 Å². The Labute approximate surface area is 253 Å². The van der Waals surface area contributed by atoms with Gasteiger partial charge in [-0.25, -0.2) is 18.1 Å². The van der Waals surface area contributed by atoms with Gasteiger partial charge in [0.2, 0.25) is 16.0 Å². The van der Waals surface area contributed by atoms with E-state index in [1.807, 2.05) is 6.07 Å². The zero-order valence-corrected chi connectivity index (χ0v) is 25.2. The van der Waals surface area contributed by atoms with E-state index in [2.05, 4.69) is 68.4 Å². The Morgan fingerprint density at radius 2 is 1.36 bits per heavy atom. The van der Waals surface area contributed by atoms with Crippen molar-refractivity contribution in [1.29, 1.82) is 0 Å². The summed E-state index contributed by atoms with van der Waals surface area (Å²) in [5.41, 5.74) is 2.22. The van der Waals surface area contributed by atoms with E-state index >= 15 is 0 Å². The normalized spacial score (nSPS) is 19.6. The largest absolute Gasteiger partial charge is 0.368 e. The van der Waals surface area contributed by atoms with E-state index in [-0.39, 0.29) is 4.90 Å². The topological polar surface area (TPSA) is 90.5 Å². The molecule has 2 aliphatic rings. The van der Waals surface area contributed by atoms with Crippen LogP contribution in [0.15, 0.2) is 83.8 Å². The molecule has 0 spiro atoms. The molecule has 2 N–H and O–H groups in total. The summed E-state index contributed by atoms with van der Waals surface area (Å²) in [6.45, 7) is 4.97. The van der Waals surface area contributed by atoms with Crippen molar-refractivity contribution in [2.24, 2.45) is 11.8 Å². The molecule has 2 fully saturated rings. The Hall–Kier alpha value is -3.40. The molecular weight excluding hydrogens is 568 g/mol. The smallest absolute Gasteiger partial charge is 0.240 e. The predicted molar refractivity (Wildman–Crippen MR) is 171 cm³/mol. The van der Waals surface area contributed by atoms with Crippen LogP contribution in [-0.4, -0.2) is 57.7 Å². The quantitative estimate of drug-likeness (QED) is 0.249. The average Bonchev–Trinajstić information content (AvgIpc) is 3.03. The minimum absolute atomic E-state index is 0.248. The number of sulfonamides is 1. The van der Waals surface area contributed by atoms with Gasteiger partial charge in [-0.05, 0) is 86.1 Å². The van der Waals surface area contributed by atoms with Crippen molar-refractivity contribution < 1.29 is 8.42 Å². The Kier molecular flexibility index (Phi) is 8.79. The van der Waals surface area contributed by atoms with E-state index in [1.165, 1.54) is 17.8 Å². The third-order valence-corrected chi connectivity index (χ3v) is 10.2. The number of nitrogens with one attached hydrogen (secondary N) is 2. The number of rotatable bonds is 9. The monoisotopic (exact) mass is 604 g/mol. The summed E-state index contributed by atoms with van der Waals surface area (Å²) in [4.78, 5) is 14.9. The molecule has 10 heteroatoms. The zero-order chi connectivity index (χ0) is 28.9. The maximum atomic E-state index is 12.6. The van der Waals surface area contributed by atoms with Gasteiger partial charge in [0.15, 0.2) is 0 Å². The van der Waals surface area contributed by atoms with Crippen molar-refractivity contribution in [2.75, 3.05) is 54.4 Å². The van der Waals surface area contributed by atoms with Gasteiger partial charge in [-0.3, -0.25) is 0 Å². The third kappa shape index (κ3) is 6.80. The number of hydrogen-bond acceptors (Lipinski definition) is 7. The standard InChI is InChI=1S/C32H37ClN6O2S/c33-26-14-16-28(17-15-26)42(40,41)35-23-25-12-10-24(11-13-25)22-34-32-36-30-9-5-4-8-29(30)31(37-32)39-20-18-38(19-21-39)27-6-2-1-3-7-27/h1-9,14-17,24-25,35H,10-13,18-23H2,(H,34,36,37)/t24-,25-. The average molecular weight is 605 g/mol. The van der Waals surface area contributed by atoms with Crippen LogP contribution in [0.1, 0.15) is 25.7 Å². The SMILES string of the molecule is O=S(=O)(NC[C@H]1CC[C@H](CNc2nc(N3CCN(c4ccccc4)CC3)c3ccccc3n2)CC1)c1ccc(Cl)cc1. The van der Waals surface area contributed by atoms with Gasteiger partial charge in [-0.2, -0.15) is 4.98 Å². The highest BCUT2D eigenvalue weighted by molar-refractivity contribution is 7.89. The lowest BCUT2D eigenvalue weighted by Crippen LogP contribution is -2.47. The highest BCUT2D eigenvalue weighted by atomic mass is 35.5. The molecular formula is C32H37ClN6O2S. The summed E-state index contributed by atoms with van der Waals surface area (Å²) < 4.78 is 28.1. The molecule has 3 aromatic carbocycles. The van der Waals surface area contributed by atoms with Gasteiger partial charge in [0.25, 0.3) is 0 Å². The predicted octanol–water partition coefficient (Wildman–Crippen LogP) is 5.81. The van der Waals surface area contributed by atoms with Crippen molar-refractivity contribution in [2.45, 2.75) is 30.6 Å². The number of fused-ring (bicyclic) bond motifs is 1. The van der Waals surface area contributed by atoms with Crippen molar-refractivity contribution in [3.8, 4) is 0 Å². The van der Waals surface area contributed by atoms with Crippen molar-refractivity contribution in [1.82, 2.24) is 14.7 Å². The Morgan fingerprint density at radius 3 is 2.07 bits per heavy atom. The maximum absolute atomic E-state index is 12.6. The van der Waals surface area contributed by atoms with Crippen molar-refractivity contribution in [3.05, 3.63) is 83.9 Å². The second-order valence-electron chi connectivity index (χ2n) is 11.3. The first-order valence-electron chi connectivity index (χ1n) is 14.8. The molecule has 0 amide bonds. The Bertz CT molecular complexity index is 1590. The van der Waals surface area contributed by atoms with Crippen molar-refractivity contribution >= 4 is 50.0 Å². The van der Waals surface area contributed by atoms with Crippen LogP contribution in [0, 0.1) is 11.8 Å². The van der Waals surface area contributed by atoms with Crippen LogP contribution >= 0.6 is 11.6 Å². The highest BCUT2D eigenvalue weighted by Gasteiger charge is 2.25. The minimum atomic E-state index is -3.53. The van der Waals surface area contributed by atoms with Crippen LogP contribution in [0.25, 0.3) is 10.9 Å². The van der Waals surface area contributed by atoms with E-state index < -0.39 is 10.0 Å². The van der Waals surface area contributed by atoms with Crippen LogP contribution in [0.4, 0.5) is 17.5 Å². The molecule has 1 aliphatic heterocycles. The zero-order valence-electron chi connectivity index (χ0n) is 23.6. The molecule has 0 radical (unpaired) electrons. The number of nitrogens with zero attached hydrogens (tertiary/aromatic N) is 4. The lowest BCUT2D eigenvalue weighted by molar-refractivity contribution is 0.284. The molecule has 0 bridgehead atoms. The number of aromatic nitrogens is 2. The molecule has 1 saturated carbocycles. The number of para-hydroxylation sites is 2. The maximum Gasteiger partial charge on any atom is 0.240 e. The second kappa shape index (κ2) is 12.9. The van der Waals surface area contributed by atoms with Gasteiger partial charge in [0.05, 0.1) is 10.4 Å². The van der Waals surface area contributed by atoms with E-state index in [4.69, 9.17) is 21.6 Å². The summed E-state index contributed by atoms with van der Waals surface area (Å²) in [5, 5.41) is 5.14. The molecule has 0 atom stereocenters. The van der Waals surface area contributed by atoms with Crippen LogP contribution in [-0.2, 0) is 10.0 Å². The van der Waals surface area contributed by atoms with Gasteiger partial charge >= 0.3 is 0 Å². The van der Waals surface area contributed by atoms with E-state index in [1.54, 1.807) is 12.1 Å². The first-order valence-corrected chi connectivity index (χ1v) is 16.6. The second-order valence-corrected chi connectivity index (χ2v) is 13.5. The highest BCUT2D eigenvalue weighted by Crippen LogP contribution is 2.30. The van der Waals surface area contributed by atoms with Gasteiger partial charge < -0.3 is 15.1 Å². The molecule has 2 heterocycles. The summed E-state index contributed by atoms with van der Waals surface area (Å²) in [5.74, 6) is 2.50. The van der Waals surface area contributed by atoms with Crippen LogP contribution in [0.5, 0.6) is 0 Å². The molecule has 6 rings (SSSR count). The fourth-order valence-electron chi connectivity index (χ4n) is 6.00. The van der Waals surface area contributed by atoms with Crippen molar-refractivity contribution in [3.63, 3.8) is 0 Å². The van der Waals surface area contributed by atoms with Gasteiger partial charge in [-0.15, -0.1) is 0 Å². The first kappa shape index (κ1) is 28.7. The Balaban J connectivity index is 1.03. The molecule has 0 unspecified atom stereocenters. The van der Waals surface area contributed by atoms with E-state index in [0.717, 1.165) is 75.1 Å². The lowest BCUT2D eigenvalue weighted by Gasteiger charge is -2.37. The number of piperazine rings is 1. The van der Waals surface area contributed by atoms with Gasteiger partial charge in [0, 0.05) is 55.4 Å². The van der Waals surface area contributed by atoms with Crippen LogP contribution in [0.3, 0.4) is 0 Å². The molecule has 8 nitrogen and oxygen atoms in total. The molecule has 1 aliphatic carbocycles. The summed E-state index contributed by atoms with van der Waals surface area (Å²) >= 11 is 5.90. The number of anilines is 3. The summed E-state index contributed by atoms with van der Waals surface area (Å²) in [6, 6.07) is 25.1. The molecule has 220 valence electrons. The first-order chi connectivity index (χ1) is 20.4. The molecule has 42 heavy (non-hydrogen) atoms. The van der Waals surface area contributed by atoms with Gasteiger partial charge in [-0.1, -0.05) is 41.9 Å². The van der Waals surface area contributed by atoms with Crippen LogP contribution in [0.2, 0.25) is 5.02 Å². The number of benzene rings is 3. The molecule has 1 saturated heterocycles. The molecule has 1 aromatic heterocycles. The fourth-order valence-corrected chi connectivity index (χ4v) is 7.24. The minimum Gasteiger partial charge on any atom is -0.368 e. The summed E-state index contributed by atoms with van der Waals surface area (Å²) in [6.07, 6.45) is 4.07. The van der Waals surface area contributed by atoms with E-state index in [0.29, 0.717) is 29.4 Å². The van der Waals surface area contributed by atoms with Gasteiger partial charge in [0.1, 0.15) is 5.82 Å².